The van der Waals surface area contributed by atoms with Crippen LogP contribution in [0.1, 0.15) is 31.2 Å². The van der Waals surface area contributed by atoms with Crippen molar-refractivity contribution in [2.45, 2.75) is 32.2 Å². The number of carbonyl (C=O) groups excluding carboxylic acids is 1. The summed E-state index contributed by atoms with van der Waals surface area (Å²) in [7, 11) is 3.31. The van der Waals surface area contributed by atoms with E-state index in [1.165, 1.54) is 5.56 Å². The van der Waals surface area contributed by atoms with E-state index in [4.69, 9.17) is 9.47 Å². The van der Waals surface area contributed by atoms with E-state index in [1.807, 2.05) is 12.1 Å². The monoisotopic (exact) mass is 318 g/mol. The number of piperidine rings is 2. The van der Waals surface area contributed by atoms with Gasteiger partial charge in [0, 0.05) is 13.1 Å². The number of rotatable bonds is 4. The molecule has 1 N–H and O–H groups in total. The quantitative estimate of drug-likeness (QED) is 0.925. The van der Waals surface area contributed by atoms with Gasteiger partial charge in [-0.3, -0.25) is 9.69 Å². The van der Waals surface area contributed by atoms with Gasteiger partial charge in [0.2, 0.25) is 5.91 Å². The minimum Gasteiger partial charge on any atom is -0.493 e. The minimum absolute atomic E-state index is 0.105. The second-order valence-electron chi connectivity index (χ2n) is 6.61. The lowest BCUT2D eigenvalue weighted by atomic mass is 9.72. The van der Waals surface area contributed by atoms with E-state index in [9.17, 15) is 4.79 Å². The molecule has 0 radical (unpaired) electrons. The number of nitrogens with one attached hydrogen (secondary N) is 1. The van der Waals surface area contributed by atoms with Crippen molar-refractivity contribution in [3.8, 4) is 11.5 Å². The zero-order valence-electron chi connectivity index (χ0n) is 14.1. The molecule has 1 aromatic rings. The van der Waals surface area contributed by atoms with Gasteiger partial charge >= 0.3 is 0 Å². The second kappa shape index (κ2) is 6.79. The van der Waals surface area contributed by atoms with Gasteiger partial charge in [-0.1, -0.05) is 6.07 Å². The van der Waals surface area contributed by atoms with Crippen LogP contribution < -0.4 is 14.8 Å². The summed E-state index contributed by atoms with van der Waals surface area (Å²) in [5, 5.41) is 3.05. The van der Waals surface area contributed by atoms with Crippen molar-refractivity contribution < 1.29 is 14.3 Å². The number of methoxy groups -OCH3 is 2. The van der Waals surface area contributed by atoms with Gasteiger partial charge in [-0.15, -0.1) is 0 Å². The highest BCUT2D eigenvalue weighted by Gasteiger charge is 2.42. The lowest BCUT2D eigenvalue weighted by molar-refractivity contribution is -0.136. The Labute approximate surface area is 137 Å². The maximum absolute atomic E-state index is 12.2. The van der Waals surface area contributed by atoms with Crippen LogP contribution in [0, 0.1) is 5.41 Å². The largest absolute Gasteiger partial charge is 0.493 e. The van der Waals surface area contributed by atoms with Crippen molar-refractivity contribution in [3.05, 3.63) is 23.8 Å². The number of benzene rings is 1. The van der Waals surface area contributed by atoms with Crippen molar-refractivity contribution in [2.24, 2.45) is 5.41 Å². The van der Waals surface area contributed by atoms with Crippen LogP contribution in [0.2, 0.25) is 0 Å². The molecule has 0 aliphatic carbocycles. The summed E-state index contributed by atoms with van der Waals surface area (Å²) in [5.74, 6) is 1.80. The molecule has 2 heterocycles. The number of carbonyl (C=O) groups is 1. The maximum atomic E-state index is 12.2. The molecular weight excluding hydrogens is 292 g/mol. The van der Waals surface area contributed by atoms with Crippen LogP contribution in [0.4, 0.5) is 0 Å². The van der Waals surface area contributed by atoms with Crippen molar-refractivity contribution in [1.82, 2.24) is 10.2 Å². The van der Waals surface area contributed by atoms with Crippen LogP contribution in [0.5, 0.6) is 11.5 Å². The molecule has 0 unspecified atom stereocenters. The van der Waals surface area contributed by atoms with E-state index >= 15 is 0 Å². The number of hydrogen-bond acceptors (Lipinski definition) is 4. The summed E-state index contributed by atoms with van der Waals surface area (Å²) in [6.45, 7) is 3.68. The van der Waals surface area contributed by atoms with Gasteiger partial charge in [0.25, 0.3) is 0 Å². The van der Waals surface area contributed by atoms with Crippen molar-refractivity contribution in [2.75, 3.05) is 33.9 Å². The fourth-order valence-electron chi connectivity index (χ4n) is 3.78. The Bertz CT molecular complexity index is 565. The standard InChI is InChI=1S/C18H26N2O3/c1-22-15-5-4-14(12-16(15)23-2)13-20-10-7-18(8-11-20)6-3-9-19-17(18)21/h4-5,12H,3,6-11,13H2,1-2H3,(H,19,21). The van der Waals surface area contributed by atoms with E-state index in [1.54, 1.807) is 14.2 Å². The Kier molecular flexibility index (Phi) is 4.76. The van der Waals surface area contributed by atoms with Gasteiger partial charge < -0.3 is 14.8 Å². The summed E-state index contributed by atoms with van der Waals surface area (Å²) < 4.78 is 10.7. The molecule has 0 saturated carbocycles. The van der Waals surface area contributed by atoms with Crippen molar-refractivity contribution in [1.29, 1.82) is 0 Å². The molecule has 23 heavy (non-hydrogen) atoms. The van der Waals surface area contributed by atoms with Crippen LogP contribution in [0.15, 0.2) is 18.2 Å². The highest BCUT2D eigenvalue weighted by molar-refractivity contribution is 5.83. The summed E-state index contributed by atoms with van der Waals surface area (Å²) in [6, 6.07) is 6.07. The summed E-state index contributed by atoms with van der Waals surface area (Å²) in [4.78, 5) is 14.7. The predicted molar refractivity (Wildman–Crippen MR) is 88.7 cm³/mol. The van der Waals surface area contributed by atoms with Crippen molar-refractivity contribution in [3.63, 3.8) is 0 Å². The lowest BCUT2D eigenvalue weighted by Gasteiger charge is -2.42. The third-order valence-corrected chi connectivity index (χ3v) is 5.27. The molecule has 2 aliphatic rings. The summed E-state index contributed by atoms with van der Waals surface area (Å²) in [6.07, 6.45) is 4.09. The first-order valence-corrected chi connectivity index (χ1v) is 8.38. The van der Waals surface area contributed by atoms with E-state index in [-0.39, 0.29) is 11.3 Å². The Hall–Kier alpha value is -1.75. The van der Waals surface area contributed by atoms with Crippen LogP contribution in [0.3, 0.4) is 0 Å². The molecule has 3 rings (SSSR count). The molecule has 0 atom stereocenters. The molecule has 126 valence electrons. The Morgan fingerprint density at radius 3 is 2.52 bits per heavy atom. The first-order valence-electron chi connectivity index (χ1n) is 8.38. The Morgan fingerprint density at radius 1 is 1.13 bits per heavy atom. The van der Waals surface area contributed by atoms with Gasteiger partial charge in [0.1, 0.15) is 0 Å². The van der Waals surface area contributed by atoms with E-state index in [0.29, 0.717) is 0 Å². The molecule has 5 nitrogen and oxygen atoms in total. The molecule has 1 amide bonds. The van der Waals surface area contributed by atoms with Gasteiger partial charge in [-0.25, -0.2) is 0 Å². The molecule has 0 aromatic heterocycles. The van der Waals surface area contributed by atoms with Crippen molar-refractivity contribution >= 4 is 5.91 Å². The first-order chi connectivity index (χ1) is 11.2. The number of ether oxygens (including phenoxy) is 2. The van der Waals surface area contributed by atoms with Gasteiger partial charge in [0.15, 0.2) is 11.5 Å². The van der Waals surface area contributed by atoms with Gasteiger partial charge in [-0.05, 0) is 56.5 Å². The molecule has 1 aromatic carbocycles. The van der Waals surface area contributed by atoms with Gasteiger partial charge in [0.05, 0.1) is 19.6 Å². The van der Waals surface area contributed by atoms with E-state index in [2.05, 4.69) is 16.3 Å². The predicted octanol–water partition coefficient (Wildman–Crippen LogP) is 2.20. The highest BCUT2D eigenvalue weighted by atomic mass is 16.5. The van der Waals surface area contributed by atoms with Crippen LogP contribution >= 0.6 is 0 Å². The smallest absolute Gasteiger partial charge is 0.226 e. The maximum Gasteiger partial charge on any atom is 0.226 e. The SMILES string of the molecule is COc1ccc(CN2CCC3(CCCNC3=O)CC2)cc1OC. The number of likely N-dealkylation sites (tertiary alicyclic amines) is 1. The molecule has 1 spiro atoms. The molecular formula is C18H26N2O3. The number of amides is 1. The fourth-order valence-corrected chi connectivity index (χ4v) is 3.78. The second-order valence-corrected chi connectivity index (χ2v) is 6.61. The third kappa shape index (κ3) is 3.29. The van der Waals surface area contributed by atoms with Crippen LogP contribution in [-0.2, 0) is 11.3 Å². The number of nitrogens with zero attached hydrogens (tertiary/aromatic N) is 1. The zero-order valence-corrected chi connectivity index (χ0v) is 14.1. The van der Waals surface area contributed by atoms with E-state index < -0.39 is 0 Å². The molecule has 2 fully saturated rings. The highest BCUT2D eigenvalue weighted by Crippen LogP contribution is 2.38. The van der Waals surface area contributed by atoms with Gasteiger partial charge in [-0.2, -0.15) is 0 Å². The molecule has 5 heteroatoms. The third-order valence-electron chi connectivity index (χ3n) is 5.27. The fraction of sp³-hybridized carbons (Fsp3) is 0.611. The van der Waals surface area contributed by atoms with Crippen LogP contribution in [0.25, 0.3) is 0 Å². The summed E-state index contributed by atoms with van der Waals surface area (Å²) in [5.41, 5.74) is 1.11. The molecule has 2 aliphatic heterocycles. The summed E-state index contributed by atoms with van der Waals surface area (Å²) >= 11 is 0. The minimum atomic E-state index is -0.105. The normalized spacial score (nSPS) is 21.0. The van der Waals surface area contributed by atoms with Crippen LogP contribution in [-0.4, -0.2) is 44.7 Å². The average Bonchev–Trinajstić information content (AvgIpc) is 2.59. The molecule has 2 saturated heterocycles. The zero-order chi connectivity index (χ0) is 16.3. The Morgan fingerprint density at radius 2 is 1.87 bits per heavy atom. The topological polar surface area (TPSA) is 50.8 Å². The lowest BCUT2D eigenvalue weighted by Crippen LogP contribution is -2.51. The first kappa shape index (κ1) is 16.1. The molecule has 0 bridgehead atoms. The van der Waals surface area contributed by atoms with E-state index in [0.717, 1.165) is 63.4 Å². The number of hydrogen-bond donors (Lipinski definition) is 1. The average molecular weight is 318 g/mol. The Balaban J connectivity index is 1.61.